The van der Waals surface area contributed by atoms with Gasteiger partial charge < -0.3 is 10.2 Å². The topological polar surface area (TPSA) is 153 Å². The molecule has 0 fully saturated rings. The maximum absolute atomic E-state index is 12.2. The van der Waals surface area contributed by atoms with E-state index in [-0.39, 0.29) is 35.9 Å². The maximum atomic E-state index is 12.2. The summed E-state index contributed by atoms with van der Waals surface area (Å²) in [6.45, 7) is 0.933. The fourth-order valence-electron chi connectivity index (χ4n) is 1.71. The van der Waals surface area contributed by atoms with Crippen LogP contribution in [0.5, 0.6) is 5.88 Å². The number of hydrogen-bond acceptors (Lipinski definition) is 8. The molecule has 0 saturated heterocycles. The zero-order valence-corrected chi connectivity index (χ0v) is 11.0. The minimum Gasteiger partial charge on any atom is -0.493 e. The number of aliphatic hydroxyl groups excluding tert-OH is 1. The van der Waals surface area contributed by atoms with Crippen molar-refractivity contribution in [3.05, 3.63) is 27.8 Å². The van der Waals surface area contributed by atoms with Crippen molar-refractivity contribution in [1.82, 2.24) is 19.7 Å². The molecule has 108 valence electrons. The minimum atomic E-state index is -0.665. The second kappa shape index (κ2) is 5.93. The summed E-state index contributed by atoms with van der Waals surface area (Å²) >= 11 is 0. The van der Waals surface area contributed by atoms with Crippen molar-refractivity contribution < 1.29 is 10.2 Å². The molecule has 10 nitrogen and oxygen atoms in total. The van der Waals surface area contributed by atoms with Gasteiger partial charge in [-0.3, -0.25) is 9.36 Å². The van der Waals surface area contributed by atoms with Gasteiger partial charge >= 0.3 is 0 Å². The van der Waals surface area contributed by atoms with Crippen LogP contribution in [-0.4, -0.2) is 36.6 Å². The first-order valence-corrected chi connectivity index (χ1v) is 5.84. The lowest BCUT2D eigenvalue weighted by atomic mass is 10.1. The number of aromatic hydroxyl groups is 1. The molecule has 2 heterocycles. The summed E-state index contributed by atoms with van der Waals surface area (Å²) in [5.41, 5.74) is -0.692. The number of hydrogen-bond donors (Lipinski definition) is 3. The summed E-state index contributed by atoms with van der Waals surface area (Å²) in [5.74, 6) is -0.415. The van der Waals surface area contributed by atoms with Crippen LogP contribution < -0.4 is 5.56 Å². The number of rotatable bonds is 4. The van der Waals surface area contributed by atoms with Gasteiger partial charge in [0, 0.05) is 5.56 Å². The number of aliphatic hydroxyl groups is 1. The van der Waals surface area contributed by atoms with Crippen molar-refractivity contribution >= 4 is 11.6 Å². The molecule has 0 saturated carbocycles. The average Bonchev–Trinajstić information content (AvgIpc) is 2.97. The first kappa shape index (κ1) is 14.4. The SMILES string of the molecule is Cc1c(C#N)c(O)n(CCO)c(=O)c1N=Nc1ncn[nH]1. The van der Waals surface area contributed by atoms with Crippen LogP contribution in [0.25, 0.3) is 0 Å². The standard InChI is InChI=1S/C11H11N7O3/c1-6-7(4-12)9(20)18(2-3-19)10(21)8(6)15-17-11-13-5-14-16-11/h5,19-20H,2-3H2,1H3,(H,13,14,16). The molecule has 0 unspecified atom stereocenters. The van der Waals surface area contributed by atoms with Crippen molar-refractivity contribution in [1.29, 1.82) is 5.26 Å². The Morgan fingerprint density at radius 2 is 2.29 bits per heavy atom. The molecule has 0 aromatic carbocycles. The molecule has 0 radical (unpaired) electrons. The number of nitriles is 1. The van der Waals surface area contributed by atoms with Crippen molar-refractivity contribution in [3.63, 3.8) is 0 Å². The average molecular weight is 289 g/mol. The fourth-order valence-corrected chi connectivity index (χ4v) is 1.71. The zero-order chi connectivity index (χ0) is 15.4. The molecule has 2 rings (SSSR count). The largest absolute Gasteiger partial charge is 0.493 e. The summed E-state index contributed by atoms with van der Waals surface area (Å²) in [5, 5.41) is 41.4. The number of aromatic nitrogens is 4. The highest BCUT2D eigenvalue weighted by atomic mass is 16.3. The third kappa shape index (κ3) is 2.63. The van der Waals surface area contributed by atoms with Gasteiger partial charge in [0.15, 0.2) is 5.69 Å². The Morgan fingerprint density at radius 1 is 1.52 bits per heavy atom. The van der Waals surface area contributed by atoms with Gasteiger partial charge in [-0.25, -0.2) is 5.10 Å². The van der Waals surface area contributed by atoms with Crippen LogP contribution >= 0.6 is 0 Å². The summed E-state index contributed by atoms with van der Waals surface area (Å²) < 4.78 is 0.861. The second-order valence-corrected chi connectivity index (χ2v) is 3.97. The Labute approximate surface area is 118 Å². The van der Waals surface area contributed by atoms with E-state index in [4.69, 9.17) is 10.4 Å². The predicted octanol–water partition coefficient (Wildman–Crippen LogP) is 0.260. The van der Waals surface area contributed by atoms with Crippen molar-refractivity contribution in [2.75, 3.05) is 6.61 Å². The van der Waals surface area contributed by atoms with Gasteiger partial charge in [0.2, 0.25) is 5.88 Å². The number of pyridine rings is 1. The molecule has 0 amide bonds. The van der Waals surface area contributed by atoms with Crippen molar-refractivity contribution in [2.24, 2.45) is 10.2 Å². The smallest absolute Gasteiger partial charge is 0.281 e. The van der Waals surface area contributed by atoms with E-state index in [9.17, 15) is 9.90 Å². The molecule has 0 aliphatic rings. The highest BCUT2D eigenvalue weighted by Gasteiger charge is 2.18. The van der Waals surface area contributed by atoms with E-state index in [1.54, 1.807) is 6.07 Å². The van der Waals surface area contributed by atoms with Crippen LogP contribution in [0, 0.1) is 18.3 Å². The predicted molar refractivity (Wildman–Crippen MR) is 69.5 cm³/mol. The molecule has 21 heavy (non-hydrogen) atoms. The molecule has 0 aliphatic heterocycles. The molecule has 0 spiro atoms. The van der Waals surface area contributed by atoms with Gasteiger partial charge in [-0.2, -0.15) is 15.3 Å². The minimum absolute atomic E-state index is 0.0918. The van der Waals surface area contributed by atoms with Crippen LogP contribution in [0.15, 0.2) is 21.4 Å². The molecule has 2 aromatic rings. The van der Waals surface area contributed by atoms with Crippen molar-refractivity contribution in [3.8, 4) is 11.9 Å². The summed E-state index contributed by atoms with van der Waals surface area (Å²) in [7, 11) is 0. The van der Waals surface area contributed by atoms with Gasteiger partial charge in [0.1, 0.15) is 18.0 Å². The maximum Gasteiger partial charge on any atom is 0.281 e. The number of nitrogens with one attached hydrogen (secondary N) is 1. The Hall–Kier alpha value is -3.06. The highest BCUT2D eigenvalue weighted by molar-refractivity contribution is 5.56. The molecule has 0 atom stereocenters. The lowest BCUT2D eigenvalue weighted by Crippen LogP contribution is -2.23. The second-order valence-electron chi connectivity index (χ2n) is 3.97. The van der Waals surface area contributed by atoms with E-state index in [0.29, 0.717) is 0 Å². The summed E-state index contributed by atoms with van der Waals surface area (Å²) in [6, 6.07) is 1.79. The molecule has 0 bridgehead atoms. The first-order chi connectivity index (χ1) is 10.1. The van der Waals surface area contributed by atoms with Gasteiger partial charge in [0.05, 0.1) is 13.2 Å². The van der Waals surface area contributed by atoms with E-state index in [2.05, 4.69) is 25.4 Å². The number of aromatic amines is 1. The summed E-state index contributed by atoms with van der Waals surface area (Å²) in [6.07, 6.45) is 1.22. The Kier molecular flexibility index (Phi) is 4.05. The molecule has 3 N–H and O–H groups in total. The molecule has 0 aliphatic carbocycles. The van der Waals surface area contributed by atoms with Crippen LogP contribution in [0.4, 0.5) is 11.6 Å². The van der Waals surface area contributed by atoms with Crippen LogP contribution in [0.3, 0.4) is 0 Å². The Morgan fingerprint density at radius 3 is 2.86 bits per heavy atom. The van der Waals surface area contributed by atoms with E-state index in [1.165, 1.54) is 13.3 Å². The van der Waals surface area contributed by atoms with E-state index in [1.807, 2.05) is 0 Å². The van der Waals surface area contributed by atoms with E-state index in [0.717, 1.165) is 4.57 Å². The van der Waals surface area contributed by atoms with Gasteiger partial charge in [-0.1, -0.05) is 0 Å². The van der Waals surface area contributed by atoms with Gasteiger partial charge in [0.25, 0.3) is 11.5 Å². The van der Waals surface area contributed by atoms with Crippen LogP contribution in [0.1, 0.15) is 11.1 Å². The van der Waals surface area contributed by atoms with Gasteiger partial charge in [-0.15, -0.1) is 10.2 Å². The lowest BCUT2D eigenvalue weighted by molar-refractivity contribution is 0.263. The zero-order valence-electron chi connectivity index (χ0n) is 11.0. The Balaban J connectivity index is 2.62. The Bertz CT molecular complexity index is 771. The number of H-pyrrole nitrogens is 1. The molecule has 10 heteroatoms. The molecule has 2 aromatic heterocycles. The number of azo groups is 1. The van der Waals surface area contributed by atoms with Gasteiger partial charge in [-0.05, 0) is 6.92 Å². The highest BCUT2D eigenvalue weighted by Crippen LogP contribution is 2.25. The molecular weight excluding hydrogens is 278 g/mol. The van der Waals surface area contributed by atoms with Crippen LogP contribution in [-0.2, 0) is 6.54 Å². The number of nitrogens with zero attached hydrogens (tertiary/aromatic N) is 6. The third-order valence-electron chi connectivity index (χ3n) is 2.74. The quantitative estimate of drug-likeness (QED) is 0.686. The monoisotopic (exact) mass is 289 g/mol. The van der Waals surface area contributed by atoms with Crippen molar-refractivity contribution in [2.45, 2.75) is 13.5 Å². The third-order valence-corrected chi connectivity index (χ3v) is 2.74. The van der Waals surface area contributed by atoms with Crippen LogP contribution in [0.2, 0.25) is 0 Å². The molecular formula is C11H11N7O3. The first-order valence-electron chi connectivity index (χ1n) is 5.84. The lowest BCUT2D eigenvalue weighted by Gasteiger charge is -2.11. The normalized spacial score (nSPS) is 10.9. The van der Waals surface area contributed by atoms with E-state index < -0.39 is 11.4 Å². The van der Waals surface area contributed by atoms with E-state index >= 15 is 0 Å². The summed E-state index contributed by atoms with van der Waals surface area (Å²) in [4.78, 5) is 15.9. The fraction of sp³-hybridized carbons (Fsp3) is 0.273.